The number of benzene rings is 2. The lowest BCUT2D eigenvalue weighted by atomic mass is 10.2. The van der Waals surface area contributed by atoms with Crippen molar-refractivity contribution in [2.45, 2.75) is 25.0 Å². The molecule has 3 rings (SSSR count). The Hall–Kier alpha value is -2.82. The van der Waals surface area contributed by atoms with E-state index in [-0.39, 0.29) is 28.3 Å². The summed E-state index contributed by atoms with van der Waals surface area (Å²) in [4.78, 5) is 29.7. The minimum Gasteiger partial charge on any atom is -0.325 e. The van der Waals surface area contributed by atoms with Gasteiger partial charge in [0.05, 0.1) is 27.2 Å². The standard InChI is InChI=1S/C20H17ClN4O2S/c1-12(2)25-19(27)15-5-3-4-6-17(15)24-20(25)28-11-18(26)23-14-8-7-13(10-22)16(21)9-14/h3-9,12H,11H2,1-2H3,(H,23,26). The van der Waals surface area contributed by atoms with Gasteiger partial charge in [0.1, 0.15) is 6.07 Å². The van der Waals surface area contributed by atoms with Gasteiger partial charge in [-0.1, -0.05) is 35.5 Å². The summed E-state index contributed by atoms with van der Waals surface area (Å²) in [5.41, 5.74) is 1.33. The minimum atomic E-state index is -0.261. The van der Waals surface area contributed by atoms with Crippen LogP contribution in [0.3, 0.4) is 0 Å². The number of amides is 1. The highest BCUT2D eigenvalue weighted by atomic mass is 35.5. The fourth-order valence-corrected chi connectivity index (χ4v) is 3.84. The zero-order chi connectivity index (χ0) is 20.3. The van der Waals surface area contributed by atoms with Crippen LogP contribution in [0.5, 0.6) is 0 Å². The number of nitriles is 1. The van der Waals surface area contributed by atoms with Gasteiger partial charge in [-0.2, -0.15) is 5.26 Å². The van der Waals surface area contributed by atoms with Gasteiger partial charge < -0.3 is 5.32 Å². The van der Waals surface area contributed by atoms with E-state index in [1.165, 1.54) is 17.8 Å². The van der Waals surface area contributed by atoms with Crippen molar-refractivity contribution < 1.29 is 4.79 Å². The van der Waals surface area contributed by atoms with E-state index >= 15 is 0 Å². The highest BCUT2D eigenvalue weighted by Crippen LogP contribution is 2.23. The lowest BCUT2D eigenvalue weighted by molar-refractivity contribution is -0.113. The second kappa shape index (κ2) is 8.46. The first kappa shape index (κ1) is 19.9. The monoisotopic (exact) mass is 412 g/mol. The van der Waals surface area contributed by atoms with Crippen molar-refractivity contribution in [1.29, 1.82) is 5.26 Å². The molecule has 1 aromatic heterocycles. The Balaban J connectivity index is 1.80. The highest BCUT2D eigenvalue weighted by molar-refractivity contribution is 7.99. The molecule has 0 saturated carbocycles. The zero-order valence-corrected chi connectivity index (χ0v) is 16.8. The van der Waals surface area contributed by atoms with E-state index in [0.717, 1.165) is 0 Å². The van der Waals surface area contributed by atoms with Gasteiger partial charge in [0, 0.05) is 11.7 Å². The summed E-state index contributed by atoms with van der Waals surface area (Å²) in [6.45, 7) is 3.81. The molecule has 0 atom stereocenters. The van der Waals surface area contributed by atoms with Crippen LogP contribution < -0.4 is 10.9 Å². The molecular formula is C20H17ClN4O2S. The van der Waals surface area contributed by atoms with E-state index < -0.39 is 0 Å². The SMILES string of the molecule is CC(C)n1c(SCC(=O)Nc2ccc(C#N)c(Cl)c2)nc2ccccc2c1=O. The number of hydrogen-bond acceptors (Lipinski definition) is 5. The fourth-order valence-electron chi connectivity index (χ4n) is 2.69. The number of carbonyl (C=O) groups is 1. The van der Waals surface area contributed by atoms with Crippen molar-refractivity contribution in [3.8, 4) is 6.07 Å². The number of nitrogens with zero attached hydrogens (tertiary/aromatic N) is 3. The normalized spacial score (nSPS) is 10.8. The average molecular weight is 413 g/mol. The first-order valence-corrected chi connectivity index (χ1v) is 9.90. The van der Waals surface area contributed by atoms with Crippen LogP contribution in [-0.2, 0) is 4.79 Å². The summed E-state index contributed by atoms with van der Waals surface area (Å²) in [6, 6.07) is 13.7. The fraction of sp³-hybridized carbons (Fsp3) is 0.200. The Kier molecular flexibility index (Phi) is 6.02. The van der Waals surface area contributed by atoms with Gasteiger partial charge in [0.2, 0.25) is 5.91 Å². The molecule has 0 radical (unpaired) electrons. The first-order valence-electron chi connectivity index (χ1n) is 8.54. The van der Waals surface area contributed by atoms with Crippen LogP contribution in [0.1, 0.15) is 25.5 Å². The van der Waals surface area contributed by atoms with Crippen LogP contribution in [0.4, 0.5) is 5.69 Å². The number of hydrogen-bond donors (Lipinski definition) is 1. The van der Waals surface area contributed by atoms with Gasteiger partial charge in [0.15, 0.2) is 5.16 Å². The van der Waals surface area contributed by atoms with E-state index in [2.05, 4.69) is 10.3 Å². The van der Waals surface area contributed by atoms with Crippen LogP contribution in [0, 0.1) is 11.3 Å². The highest BCUT2D eigenvalue weighted by Gasteiger charge is 2.15. The number of fused-ring (bicyclic) bond motifs is 1. The van der Waals surface area contributed by atoms with E-state index in [4.69, 9.17) is 16.9 Å². The maximum Gasteiger partial charge on any atom is 0.262 e. The lowest BCUT2D eigenvalue weighted by Gasteiger charge is -2.16. The maximum absolute atomic E-state index is 12.8. The predicted octanol–water partition coefficient (Wildman–Crippen LogP) is 4.23. The van der Waals surface area contributed by atoms with Crippen molar-refractivity contribution in [2.24, 2.45) is 0 Å². The molecule has 0 saturated heterocycles. The van der Waals surface area contributed by atoms with Gasteiger partial charge in [-0.25, -0.2) is 4.98 Å². The number of anilines is 1. The molecule has 1 heterocycles. The molecule has 0 spiro atoms. The Morgan fingerprint density at radius 2 is 2.07 bits per heavy atom. The maximum atomic E-state index is 12.8. The number of nitrogens with one attached hydrogen (secondary N) is 1. The summed E-state index contributed by atoms with van der Waals surface area (Å²) in [6.07, 6.45) is 0. The summed E-state index contributed by atoms with van der Waals surface area (Å²) in [7, 11) is 0. The molecule has 0 aliphatic carbocycles. The number of para-hydroxylation sites is 1. The van der Waals surface area contributed by atoms with Gasteiger partial charge in [-0.3, -0.25) is 14.2 Å². The summed E-state index contributed by atoms with van der Waals surface area (Å²) < 4.78 is 1.60. The third kappa shape index (κ3) is 4.19. The molecule has 0 bridgehead atoms. The van der Waals surface area contributed by atoms with Crippen molar-refractivity contribution in [3.63, 3.8) is 0 Å². The quantitative estimate of drug-likeness (QED) is 0.500. The Morgan fingerprint density at radius 3 is 2.75 bits per heavy atom. The predicted molar refractivity (Wildman–Crippen MR) is 112 cm³/mol. The number of halogens is 1. The van der Waals surface area contributed by atoms with Crippen molar-refractivity contribution in [3.05, 3.63) is 63.4 Å². The summed E-state index contributed by atoms with van der Waals surface area (Å²) >= 11 is 7.19. The lowest BCUT2D eigenvalue weighted by Crippen LogP contribution is -2.25. The van der Waals surface area contributed by atoms with E-state index in [1.54, 1.807) is 34.9 Å². The van der Waals surface area contributed by atoms with Crippen LogP contribution >= 0.6 is 23.4 Å². The molecule has 3 aromatic rings. The number of carbonyl (C=O) groups excluding carboxylic acids is 1. The van der Waals surface area contributed by atoms with Crippen LogP contribution in [0.15, 0.2) is 52.4 Å². The van der Waals surface area contributed by atoms with Gasteiger partial charge >= 0.3 is 0 Å². The molecule has 1 N–H and O–H groups in total. The number of thioether (sulfide) groups is 1. The van der Waals surface area contributed by atoms with Crippen LogP contribution in [0.25, 0.3) is 10.9 Å². The van der Waals surface area contributed by atoms with Crippen molar-refractivity contribution >= 4 is 45.9 Å². The number of rotatable bonds is 5. The molecule has 142 valence electrons. The Bertz CT molecular complexity index is 1150. The molecule has 1 amide bonds. The number of aromatic nitrogens is 2. The zero-order valence-electron chi connectivity index (χ0n) is 15.3. The molecular weight excluding hydrogens is 396 g/mol. The van der Waals surface area contributed by atoms with Gasteiger partial charge in [-0.15, -0.1) is 0 Å². The van der Waals surface area contributed by atoms with E-state index in [9.17, 15) is 9.59 Å². The van der Waals surface area contributed by atoms with Crippen LogP contribution in [-0.4, -0.2) is 21.2 Å². The summed E-state index contributed by atoms with van der Waals surface area (Å²) in [5, 5.41) is 13.0. The Morgan fingerprint density at radius 1 is 1.32 bits per heavy atom. The topological polar surface area (TPSA) is 87.8 Å². The second-order valence-electron chi connectivity index (χ2n) is 6.32. The van der Waals surface area contributed by atoms with E-state index in [1.807, 2.05) is 26.0 Å². The largest absolute Gasteiger partial charge is 0.325 e. The molecule has 0 unspecified atom stereocenters. The van der Waals surface area contributed by atoms with Crippen molar-refractivity contribution in [2.75, 3.05) is 11.1 Å². The molecule has 28 heavy (non-hydrogen) atoms. The Labute approximate surface area is 171 Å². The smallest absolute Gasteiger partial charge is 0.262 e. The summed E-state index contributed by atoms with van der Waals surface area (Å²) in [5.74, 6) is -0.182. The third-order valence-electron chi connectivity index (χ3n) is 4.00. The molecule has 6 nitrogen and oxygen atoms in total. The molecule has 0 fully saturated rings. The van der Waals surface area contributed by atoms with Gasteiger partial charge in [-0.05, 0) is 44.2 Å². The van der Waals surface area contributed by atoms with Crippen molar-refractivity contribution in [1.82, 2.24) is 9.55 Å². The third-order valence-corrected chi connectivity index (χ3v) is 5.26. The molecule has 8 heteroatoms. The van der Waals surface area contributed by atoms with Crippen LogP contribution in [0.2, 0.25) is 5.02 Å². The second-order valence-corrected chi connectivity index (χ2v) is 7.67. The molecule has 0 aliphatic heterocycles. The first-order chi connectivity index (χ1) is 13.4. The molecule has 2 aromatic carbocycles. The molecule has 0 aliphatic rings. The van der Waals surface area contributed by atoms with E-state index in [0.29, 0.717) is 27.3 Å². The minimum absolute atomic E-state index is 0.0785. The van der Waals surface area contributed by atoms with Gasteiger partial charge in [0.25, 0.3) is 5.56 Å². The average Bonchev–Trinajstić information content (AvgIpc) is 2.66.